The molecule has 1 unspecified atom stereocenters. The third-order valence-corrected chi connectivity index (χ3v) is 6.43. The first-order valence-electron chi connectivity index (χ1n) is 8.85. The van der Waals surface area contributed by atoms with E-state index in [2.05, 4.69) is 14.9 Å². The van der Waals surface area contributed by atoms with Crippen molar-refractivity contribution < 1.29 is 13.2 Å². The number of piperazine rings is 1. The van der Waals surface area contributed by atoms with Gasteiger partial charge in [0, 0.05) is 57.4 Å². The molecular formula is C17H27ClN4O3S. The summed E-state index contributed by atoms with van der Waals surface area (Å²) in [5, 5.41) is 3.35. The zero-order chi connectivity index (χ0) is 17.9. The van der Waals surface area contributed by atoms with E-state index in [-0.39, 0.29) is 23.2 Å². The Balaban J connectivity index is 0.00000243. The second kappa shape index (κ2) is 9.14. The van der Waals surface area contributed by atoms with Crippen LogP contribution in [0.25, 0.3) is 0 Å². The van der Waals surface area contributed by atoms with Crippen molar-refractivity contribution in [1.82, 2.24) is 19.8 Å². The minimum absolute atomic E-state index is 0. The monoisotopic (exact) mass is 402 g/mol. The van der Waals surface area contributed by atoms with Gasteiger partial charge in [-0.2, -0.15) is 0 Å². The minimum Gasteiger partial charge on any atom is -0.337 e. The fraction of sp³-hybridized carbons (Fsp3) is 0.588. The Morgan fingerprint density at radius 2 is 1.85 bits per heavy atom. The van der Waals surface area contributed by atoms with Gasteiger partial charge in [0.15, 0.2) is 0 Å². The van der Waals surface area contributed by atoms with Crippen LogP contribution in [-0.2, 0) is 10.0 Å². The molecule has 1 amide bonds. The molecule has 0 saturated carbocycles. The summed E-state index contributed by atoms with van der Waals surface area (Å²) in [6.45, 7) is 7.65. The largest absolute Gasteiger partial charge is 0.337 e. The van der Waals surface area contributed by atoms with Gasteiger partial charge in [-0.1, -0.05) is 6.92 Å². The van der Waals surface area contributed by atoms with Crippen LogP contribution in [0.4, 0.5) is 0 Å². The molecule has 0 aliphatic carbocycles. The summed E-state index contributed by atoms with van der Waals surface area (Å²) in [4.78, 5) is 17.2. The van der Waals surface area contributed by atoms with Crippen LogP contribution < -0.4 is 10.0 Å². The number of amides is 1. The van der Waals surface area contributed by atoms with Gasteiger partial charge in [-0.15, -0.1) is 12.4 Å². The topological polar surface area (TPSA) is 81.8 Å². The smallest absolute Gasteiger partial charge is 0.253 e. The molecule has 2 N–H and O–H groups in total. The molecule has 1 aromatic rings. The van der Waals surface area contributed by atoms with Crippen molar-refractivity contribution in [1.29, 1.82) is 0 Å². The first-order chi connectivity index (χ1) is 12.0. The second-order valence-electron chi connectivity index (χ2n) is 6.51. The quantitative estimate of drug-likeness (QED) is 0.750. The molecule has 2 fully saturated rings. The Bertz CT molecular complexity index is 705. The molecule has 2 aliphatic rings. The summed E-state index contributed by atoms with van der Waals surface area (Å²) in [6, 6.07) is 6.62. The summed E-state index contributed by atoms with van der Waals surface area (Å²) in [5.74, 6) is -0.0231. The highest BCUT2D eigenvalue weighted by atomic mass is 35.5. The lowest BCUT2D eigenvalue weighted by molar-refractivity contribution is 0.0773. The molecule has 0 bridgehead atoms. The van der Waals surface area contributed by atoms with Crippen LogP contribution in [-0.4, -0.2) is 76.0 Å². The average Bonchev–Trinajstić information content (AvgIpc) is 3.12. The highest BCUT2D eigenvalue weighted by Crippen LogP contribution is 2.19. The number of rotatable bonds is 5. The predicted octanol–water partition coefficient (Wildman–Crippen LogP) is 0.526. The van der Waals surface area contributed by atoms with Gasteiger partial charge in [-0.05, 0) is 30.7 Å². The van der Waals surface area contributed by atoms with Gasteiger partial charge in [0.05, 0.1) is 4.90 Å². The summed E-state index contributed by atoms with van der Waals surface area (Å²) in [5.41, 5.74) is 0.538. The highest BCUT2D eigenvalue weighted by molar-refractivity contribution is 7.89. The van der Waals surface area contributed by atoms with E-state index in [4.69, 9.17) is 0 Å². The molecule has 3 rings (SSSR count). The van der Waals surface area contributed by atoms with Gasteiger partial charge in [0.2, 0.25) is 10.0 Å². The van der Waals surface area contributed by atoms with Crippen molar-refractivity contribution >= 4 is 28.3 Å². The van der Waals surface area contributed by atoms with Crippen LogP contribution >= 0.6 is 12.4 Å². The lowest BCUT2D eigenvalue weighted by Crippen LogP contribution is -2.49. The van der Waals surface area contributed by atoms with Crippen LogP contribution in [0.3, 0.4) is 0 Å². The molecule has 0 spiro atoms. The van der Waals surface area contributed by atoms with Gasteiger partial charge in [0.1, 0.15) is 0 Å². The van der Waals surface area contributed by atoms with Crippen molar-refractivity contribution in [2.75, 3.05) is 45.8 Å². The van der Waals surface area contributed by atoms with Crippen molar-refractivity contribution in [3.63, 3.8) is 0 Å². The molecule has 2 heterocycles. The van der Waals surface area contributed by atoms with Crippen LogP contribution in [0.2, 0.25) is 0 Å². The minimum atomic E-state index is -3.48. The lowest BCUT2D eigenvalue weighted by Gasteiger charge is -2.32. The number of halogens is 1. The molecule has 0 radical (unpaired) electrons. The molecule has 2 aliphatic heterocycles. The predicted molar refractivity (Wildman–Crippen MR) is 103 cm³/mol. The fourth-order valence-corrected chi connectivity index (χ4v) is 4.55. The number of hydrogen-bond donors (Lipinski definition) is 2. The van der Waals surface area contributed by atoms with Crippen LogP contribution in [0, 0.1) is 0 Å². The SMILES string of the molecule is CCNS(=O)(=O)c1ccc(C(=O)N2CCC(N3CCNCC3)C2)cc1.Cl. The Labute approximate surface area is 161 Å². The van der Waals surface area contributed by atoms with Crippen molar-refractivity contribution in [3.8, 4) is 0 Å². The molecule has 26 heavy (non-hydrogen) atoms. The van der Waals surface area contributed by atoms with E-state index in [1.165, 1.54) is 12.1 Å². The highest BCUT2D eigenvalue weighted by Gasteiger charge is 2.31. The summed E-state index contributed by atoms with van der Waals surface area (Å²) >= 11 is 0. The molecule has 2 saturated heterocycles. The number of carbonyl (C=O) groups excluding carboxylic acids is 1. The van der Waals surface area contributed by atoms with Gasteiger partial charge >= 0.3 is 0 Å². The molecule has 7 nitrogen and oxygen atoms in total. The molecule has 9 heteroatoms. The second-order valence-corrected chi connectivity index (χ2v) is 8.27. The first kappa shape index (κ1) is 21.1. The summed E-state index contributed by atoms with van der Waals surface area (Å²) < 4.78 is 26.4. The Morgan fingerprint density at radius 1 is 1.19 bits per heavy atom. The van der Waals surface area contributed by atoms with E-state index in [1.54, 1.807) is 19.1 Å². The Morgan fingerprint density at radius 3 is 2.46 bits per heavy atom. The third kappa shape index (κ3) is 4.75. The molecule has 1 aromatic carbocycles. The average molecular weight is 403 g/mol. The maximum absolute atomic E-state index is 12.7. The van der Waals surface area contributed by atoms with E-state index in [0.29, 0.717) is 18.2 Å². The summed E-state index contributed by atoms with van der Waals surface area (Å²) in [7, 11) is -3.48. The zero-order valence-electron chi connectivity index (χ0n) is 15.0. The van der Waals surface area contributed by atoms with Crippen LogP contribution in [0.15, 0.2) is 29.2 Å². The number of nitrogens with one attached hydrogen (secondary N) is 2. The maximum atomic E-state index is 12.7. The van der Waals surface area contributed by atoms with Crippen molar-refractivity contribution in [3.05, 3.63) is 29.8 Å². The fourth-order valence-electron chi connectivity index (χ4n) is 3.50. The van der Waals surface area contributed by atoms with E-state index >= 15 is 0 Å². The first-order valence-corrected chi connectivity index (χ1v) is 10.3. The van der Waals surface area contributed by atoms with Crippen molar-refractivity contribution in [2.24, 2.45) is 0 Å². The number of likely N-dealkylation sites (tertiary alicyclic amines) is 1. The van der Waals surface area contributed by atoms with Gasteiger partial charge < -0.3 is 10.2 Å². The van der Waals surface area contributed by atoms with Gasteiger partial charge in [-0.3, -0.25) is 9.69 Å². The number of nitrogens with zero attached hydrogens (tertiary/aromatic N) is 2. The molecule has 146 valence electrons. The standard InChI is InChI=1S/C17H26N4O3S.ClH/c1-2-19-25(23,24)16-5-3-14(4-6-16)17(22)21-10-7-15(13-21)20-11-8-18-9-12-20;/h3-6,15,18-19H,2,7-13H2,1H3;1H. The normalized spacial score (nSPS) is 21.4. The van der Waals surface area contributed by atoms with E-state index < -0.39 is 10.0 Å². The van der Waals surface area contributed by atoms with Crippen LogP contribution in [0.5, 0.6) is 0 Å². The Hall–Kier alpha value is -1.19. The van der Waals surface area contributed by atoms with E-state index in [1.807, 2.05) is 4.90 Å². The lowest BCUT2D eigenvalue weighted by atomic mass is 10.2. The zero-order valence-corrected chi connectivity index (χ0v) is 16.6. The van der Waals surface area contributed by atoms with Crippen LogP contribution in [0.1, 0.15) is 23.7 Å². The Kier molecular flexibility index (Phi) is 7.42. The maximum Gasteiger partial charge on any atom is 0.253 e. The molecule has 0 aromatic heterocycles. The number of hydrogen-bond acceptors (Lipinski definition) is 5. The number of benzene rings is 1. The van der Waals surface area contributed by atoms with Gasteiger partial charge in [-0.25, -0.2) is 13.1 Å². The van der Waals surface area contributed by atoms with Crippen molar-refractivity contribution in [2.45, 2.75) is 24.3 Å². The van der Waals surface area contributed by atoms with Gasteiger partial charge in [0.25, 0.3) is 5.91 Å². The number of carbonyl (C=O) groups is 1. The van der Waals surface area contributed by atoms with E-state index in [9.17, 15) is 13.2 Å². The molecular weight excluding hydrogens is 376 g/mol. The number of sulfonamides is 1. The molecule has 1 atom stereocenters. The third-order valence-electron chi connectivity index (χ3n) is 4.86. The van der Waals surface area contributed by atoms with E-state index in [0.717, 1.165) is 45.7 Å². The summed E-state index contributed by atoms with van der Waals surface area (Å²) in [6.07, 6.45) is 0.999.